The largest absolute Gasteiger partial charge is 0.349 e. The number of carbonyl (C=O) groups is 1. The maximum atomic E-state index is 11.6. The van der Waals surface area contributed by atoms with Crippen LogP contribution in [0.3, 0.4) is 0 Å². The number of thiazole rings is 1. The molecule has 0 atom stereocenters. The first-order valence-corrected chi connectivity index (χ1v) is 6.18. The zero-order chi connectivity index (χ0) is 12.1. The van der Waals surface area contributed by atoms with Gasteiger partial charge in [0.1, 0.15) is 5.01 Å². The molecule has 2 rings (SSSR count). The Kier molecular flexibility index (Phi) is 3.82. The van der Waals surface area contributed by atoms with Gasteiger partial charge in [-0.15, -0.1) is 11.3 Å². The van der Waals surface area contributed by atoms with Crippen molar-refractivity contribution >= 4 is 17.2 Å². The van der Waals surface area contributed by atoms with Gasteiger partial charge in [-0.05, 0) is 18.6 Å². The highest BCUT2D eigenvalue weighted by Crippen LogP contribution is 2.07. The molecule has 0 fully saturated rings. The van der Waals surface area contributed by atoms with Crippen molar-refractivity contribution in [2.24, 2.45) is 0 Å². The SMILES string of the molecule is Cc1csc(CNC(=O)Cc2cccnc2)n1. The van der Waals surface area contributed by atoms with Crippen LogP contribution < -0.4 is 5.32 Å². The number of hydrogen-bond donors (Lipinski definition) is 1. The van der Waals surface area contributed by atoms with Crippen molar-refractivity contribution in [1.82, 2.24) is 15.3 Å². The summed E-state index contributed by atoms with van der Waals surface area (Å²) in [6, 6.07) is 3.72. The van der Waals surface area contributed by atoms with Gasteiger partial charge in [0.2, 0.25) is 5.91 Å². The molecule has 1 amide bonds. The summed E-state index contributed by atoms with van der Waals surface area (Å²) in [5.41, 5.74) is 1.91. The van der Waals surface area contributed by atoms with E-state index < -0.39 is 0 Å². The molecule has 4 nitrogen and oxygen atoms in total. The number of carbonyl (C=O) groups excluding carboxylic acids is 1. The van der Waals surface area contributed by atoms with E-state index in [4.69, 9.17) is 0 Å². The van der Waals surface area contributed by atoms with Gasteiger partial charge >= 0.3 is 0 Å². The summed E-state index contributed by atoms with van der Waals surface area (Å²) < 4.78 is 0. The van der Waals surface area contributed by atoms with Crippen molar-refractivity contribution in [3.8, 4) is 0 Å². The lowest BCUT2D eigenvalue weighted by atomic mass is 10.2. The summed E-state index contributed by atoms with van der Waals surface area (Å²) in [6.07, 6.45) is 3.76. The van der Waals surface area contributed by atoms with E-state index in [1.54, 1.807) is 23.7 Å². The van der Waals surface area contributed by atoms with Crippen LogP contribution in [0.15, 0.2) is 29.9 Å². The summed E-state index contributed by atoms with van der Waals surface area (Å²) in [5.74, 6) is -0.00847. The van der Waals surface area contributed by atoms with E-state index in [9.17, 15) is 4.79 Å². The number of hydrogen-bond acceptors (Lipinski definition) is 4. The lowest BCUT2D eigenvalue weighted by Gasteiger charge is -2.02. The van der Waals surface area contributed by atoms with Gasteiger partial charge in [0.05, 0.1) is 13.0 Å². The van der Waals surface area contributed by atoms with Crippen molar-refractivity contribution in [3.63, 3.8) is 0 Å². The third-order valence-electron chi connectivity index (χ3n) is 2.19. The molecule has 88 valence electrons. The monoisotopic (exact) mass is 247 g/mol. The molecule has 2 heterocycles. The number of nitrogens with zero attached hydrogens (tertiary/aromatic N) is 2. The maximum Gasteiger partial charge on any atom is 0.224 e. The highest BCUT2D eigenvalue weighted by Gasteiger charge is 2.04. The van der Waals surface area contributed by atoms with Crippen LogP contribution in [0.25, 0.3) is 0 Å². The molecule has 0 radical (unpaired) electrons. The average molecular weight is 247 g/mol. The van der Waals surface area contributed by atoms with Gasteiger partial charge in [0.15, 0.2) is 0 Å². The van der Waals surface area contributed by atoms with Crippen molar-refractivity contribution in [3.05, 3.63) is 46.2 Å². The number of aryl methyl sites for hydroxylation is 1. The lowest BCUT2D eigenvalue weighted by Crippen LogP contribution is -2.24. The first kappa shape index (κ1) is 11.7. The van der Waals surface area contributed by atoms with E-state index in [1.165, 1.54) is 0 Å². The van der Waals surface area contributed by atoms with Crippen LogP contribution in [-0.2, 0) is 17.8 Å². The summed E-state index contributed by atoms with van der Waals surface area (Å²) >= 11 is 1.56. The van der Waals surface area contributed by atoms with Crippen LogP contribution in [0, 0.1) is 6.92 Å². The Morgan fingerprint density at radius 1 is 1.53 bits per heavy atom. The van der Waals surface area contributed by atoms with E-state index >= 15 is 0 Å². The van der Waals surface area contributed by atoms with Crippen LogP contribution in [0.1, 0.15) is 16.3 Å². The molecule has 0 saturated heterocycles. The number of rotatable bonds is 4. The third-order valence-corrected chi connectivity index (χ3v) is 3.16. The van der Waals surface area contributed by atoms with Gasteiger partial charge in [0.25, 0.3) is 0 Å². The van der Waals surface area contributed by atoms with Crippen LogP contribution >= 0.6 is 11.3 Å². The van der Waals surface area contributed by atoms with E-state index in [1.807, 2.05) is 24.4 Å². The van der Waals surface area contributed by atoms with Gasteiger partial charge in [-0.1, -0.05) is 6.07 Å². The molecule has 0 saturated carbocycles. The second kappa shape index (κ2) is 5.54. The summed E-state index contributed by atoms with van der Waals surface area (Å²) in [6.45, 7) is 2.44. The van der Waals surface area contributed by atoms with Crippen molar-refractivity contribution in [1.29, 1.82) is 0 Å². The Hall–Kier alpha value is -1.75. The third kappa shape index (κ3) is 3.64. The predicted molar refractivity (Wildman–Crippen MR) is 66.6 cm³/mol. The van der Waals surface area contributed by atoms with Crippen molar-refractivity contribution in [2.75, 3.05) is 0 Å². The Labute approximate surface area is 104 Å². The minimum absolute atomic E-state index is 0.00847. The lowest BCUT2D eigenvalue weighted by molar-refractivity contribution is -0.120. The van der Waals surface area contributed by atoms with Gasteiger partial charge in [-0.25, -0.2) is 4.98 Å². The van der Waals surface area contributed by atoms with Gasteiger partial charge in [-0.2, -0.15) is 0 Å². The minimum Gasteiger partial charge on any atom is -0.349 e. The standard InChI is InChI=1S/C12H13N3OS/c1-9-8-17-12(15-9)7-14-11(16)5-10-3-2-4-13-6-10/h2-4,6,8H,5,7H2,1H3,(H,14,16). The molecule has 0 bridgehead atoms. The predicted octanol–water partition coefficient (Wildman–Crippen LogP) is 1.71. The molecule has 0 aliphatic rings. The molecule has 2 aromatic heterocycles. The molecule has 0 aliphatic carbocycles. The molecule has 2 aromatic rings. The van der Waals surface area contributed by atoms with Crippen LogP contribution in [0.2, 0.25) is 0 Å². The second-order valence-electron chi connectivity index (χ2n) is 3.70. The fourth-order valence-corrected chi connectivity index (χ4v) is 2.12. The molecule has 0 aliphatic heterocycles. The number of aromatic nitrogens is 2. The van der Waals surface area contributed by atoms with Gasteiger partial charge in [0, 0.05) is 23.5 Å². The molecule has 1 N–H and O–H groups in total. The molecule has 0 unspecified atom stereocenters. The number of amides is 1. The Balaban J connectivity index is 1.82. The first-order valence-electron chi connectivity index (χ1n) is 5.30. The summed E-state index contributed by atoms with van der Waals surface area (Å²) in [5, 5.41) is 5.75. The Bertz CT molecular complexity index is 495. The molecular formula is C12H13N3OS. The van der Waals surface area contributed by atoms with Crippen LogP contribution in [0.5, 0.6) is 0 Å². The minimum atomic E-state index is -0.00847. The van der Waals surface area contributed by atoms with Gasteiger partial charge in [-0.3, -0.25) is 9.78 Å². The second-order valence-corrected chi connectivity index (χ2v) is 4.64. The van der Waals surface area contributed by atoms with Crippen LogP contribution in [-0.4, -0.2) is 15.9 Å². The Morgan fingerprint density at radius 2 is 2.41 bits per heavy atom. The molecule has 0 aromatic carbocycles. The molecule has 17 heavy (non-hydrogen) atoms. The normalized spacial score (nSPS) is 10.2. The Morgan fingerprint density at radius 3 is 3.06 bits per heavy atom. The van der Waals surface area contributed by atoms with E-state index in [0.29, 0.717) is 13.0 Å². The van der Waals surface area contributed by atoms with Crippen LogP contribution in [0.4, 0.5) is 0 Å². The van der Waals surface area contributed by atoms with E-state index in [0.717, 1.165) is 16.3 Å². The van der Waals surface area contributed by atoms with Crippen molar-refractivity contribution < 1.29 is 4.79 Å². The van der Waals surface area contributed by atoms with Gasteiger partial charge < -0.3 is 5.32 Å². The zero-order valence-corrected chi connectivity index (χ0v) is 10.3. The molecule has 0 spiro atoms. The fourth-order valence-electron chi connectivity index (χ4n) is 1.41. The number of nitrogens with one attached hydrogen (secondary N) is 1. The smallest absolute Gasteiger partial charge is 0.224 e. The average Bonchev–Trinajstić information content (AvgIpc) is 2.74. The first-order chi connectivity index (χ1) is 8.24. The fraction of sp³-hybridized carbons (Fsp3) is 0.250. The quantitative estimate of drug-likeness (QED) is 0.894. The highest BCUT2D eigenvalue weighted by atomic mass is 32.1. The highest BCUT2D eigenvalue weighted by molar-refractivity contribution is 7.09. The zero-order valence-electron chi connectivity index (χ0n) is 9.51. The summed E-state index contributed by atoms with van der Waals surface area (Å²) in [4.78, 5) is 19.9. The topological polar surface area (TPSA) is 54.9 Å². The molecular weight excluding hydrogens is 234 g/mol. The molecule has 5 heteroatoms. The van der Waals surface area contributed by atoms with Crippen molar-refractivity contribution in [2.45, 2.75) is 19.9 Å². The van der Waals surface area contributed by atoms with E-state index in [-0.39, 0.29) is 5.91 Å². The number of pyridine rings is 1. The maximum absolute atomic E-state index is 11.6. The van der Waals surface area contributed by atoms with E-state index in [2.05, 4.69) is 15.3 Å². The summed E-state index contributed by atoms with van der Waals surface area (Å²) in [7, 11) is 0.